The molecule has 1 amide bonds. The summed E-state index contributed by atoms with van der Waals surface area (Å²) in [6.45, 7) is 7.85. The molecule has 1 heterocycles. The standard InChI is InChI=1S/C13H18N2O2/c1-6(2)11-13(16)15-10-5-9(14)7(3)8(4)12(10)17-11/h5-6,11H,14H2,1-4H3,(H,15,16). The van der Waals surface area contributed by atoms with Crippen LogP contribution >= 0.6 is 0 Å². The molecule has 2 rings (SSSR count). The molecule has 92 valence electrons. The van der Waals surface area contributed by atoms with Crippen molar-refractivity contribution in [1.82, 2.24) is 0 Å². The van der Waals surface area contributed by atoms with E-state index >= 15 is 0 Å². The highest BCUT2D eigenvalue weighted by Gasteiger charge is 2.31. The van der Waals surface area contributed by atoms with Crippen LogP contribution < -0.4 is 15.8 Å². The highest BCUT2D eigenvalue weighted by molar-refractivity contribution is 5.99. The Kier molecular flexibility index (Phi) is 2.73. The first-order valence-electron chi connectivity index (χ1n) is 5.79. The molecule has 1 aliphatic heterocycles. The van der Waals surface area contributed by atoms with Crippen LogP contribution in [-0.4, -0.2) is 12.0 Å². The van der Waals surface area contributed by atoms with E-state index < -0.39 is 6.10 Å². The van der Waals surface area contributed by atoms with Crippen molar-refractivity contribution < 1.29 is 9.53 Å². The van der Waals surface area contributed by atoms with Gasteiger partial charge in [-0.3, -0.25) is 4.79 Å². The van der Waals surface area contributed by atoms with Gasteiger partial charge >= 0.3 is 0 Å². The Morgan fingerprint density at radius 3 is 2.59 bits per heavy atom. The Hall–Kier alpha value is -1.71. The smallest absolute Gasteiger partial charge is 0.265 e. The number of carbonyl (C=O) groups excluding carboxylic acids is 1. The number of fused-ring (bicyclic) bond motifs is 1. The number of amides is 1. The first-order chi connectivity index (χ1) is 7.91. The van der Waals surface area contributed by atoms with E-state index in [0.29, 0.717) is 11.4 Å². The van der Waals surface area contributed by atoms with E-state index in [1.54, 1.807) is 6.07 Å². The molecule has 3 N–H and O–H groups in total. The minimum atomic E-state index is -0.427. The zero-order chi connectivity index (χ0) is 12.7. The molecule has 0 bridgehead atoms. The van der Waals surface area contributed by atoms with E-state index in [4.69, 9.17) is 10.5 Å². The van der Waals surface area contributed by atoms with Gasteiger partial charge in [-0.1, -0.05) is 13.8 Å². The van der Waals surface area contributed by atoms with Crippen molar-refractivity contribution in [2.45, 2.75) is 33.8 Å². The number of rotatable bonds is 1. The van der Waals surface area contributed by atoms with Gasteiger partial charge in [0.05, 0.1) is 5.69 Å². The van der Waals surface area contributed by atoms with Crippen molar-refractivity contribution in [2.75, 3.05) is 11.1 Å². The van der Waals surface area contributed by atoms with Crippen molar-refractivity contribution in [1.29, 1.82) is 0 Å². The van der Waals surface area contributed by atoms with Crippen LogP contribution in [0.3, 0.4) is 0 Å². The van der Waals surface area contributed by atoms with Gasteiger partial charge in [0.2, 0.25) is 0 Å². The molecule has 1 aromatic rings. The number of carbonyl (C=O) groups is 1. The van der Waals surface area contributed by atoms with Crippen LogP contribution in [0.2, 0.25) is 0 Å². The Labute approximate surface area is 101 Å². The monoisotopic (exact) mass is 234 g/mol. The summed E-state index contributed by atoms with van der Waals surface area (Å²) < 4.78 is 5.80. The maximum atomic E-state index is 11.8. The molecule has 1 aliphatic rings. The number of nitrogens with two attached hydrogens (primary N) is 1. The molecule has 0 fully saturated rings. The minimum Gasteiger partial charge on any atom is -0.478 e. The summed E-state index contributed by atoms with van der Waals surface area (Å²) in [6, 6.07) is 1.76. The fraction of sp³-hybridized carbons (Fsp3) is 0.462. The van der Waals surface area contributed by atoms with Crippen molar-refractivity contribution in [2.24, 2.45) is 5.92 Å². The highest BCUT2D eigenvalue weighted by atomic mass is 16.5. The Bertz CT molecular complexity index is 481. The molecule has 0 aliphatic carbocycles. The van der Waals surface area contributed by atoms with E-state index in [1.807, 2.05) is 27.7 Å². The van der Waals surface area contributed by atoms with Gasteiger partial charge in [0, 0.05) is 5.69 Å². The van der Waals surface area contributed by atoms with Crippen LogP contribution in [0, 0.1) is 19.8 Å². The number of hydrogen-bond acceptors (Lipinski definition) is 3. The summed E-state index contributed by atoms with van der Waals surface area (Å²) in [7, 11) is 0. The molecule has 4 nitrogen and oxygen atoms in total. The van der Waals surface area contributed by atoms with E-state index in [1.165, 1.54) is 0 Å². The summed E-state index contributed by atoms with van der Waals surface area (Å²) in [5.41, 5.74) is 9.22. The third-order valence-corrected chi connectivity index (χ3v) is 3.25. The molecule has 0 saturated heterocycles. The second-order valence-electron chi connectivity index (χ2n) is 4.86. The van der Waals surface area contributed by atoms with E-state index in [2.05, 4.69) is 5.32 Å². The van der Waals surface area contributed by atoms with Gasteiger partial charge in [0.15, 0.2) is 6.10 Å². The Morgan fingerprint density at radius 1 is 1.35 bits per heavy atom. The van der Waals surface area contributed by atoms with E-state index in [-0.39, 0.29) is 11.8 Å². The molecular weight excluding hydrogens is 216 g/mol. The van der Waals surface area contributed by atoms with Gasteiger partial charge in [-0.2, -0.15) is 0 Å². The number of anilines is 2. The van der Waals surface area contributed by atoms with Crippen LogP contribution in [0.5, 0.6) is 5.75 Å². The molecule has 1 atom stereocenters. The lowest BCUT2D eigenvalue weighted by Gasteiger charge is -2.30. The average molecular weight is 234 g/mol. The first-order valence-corrected chi connectivity index (χ1v) is 5.79. The van der Waals surface area contributed by atoms with Crippen LogP contribution in [0.1, 0.15) is 25.0 Å². The Balaban J connectivity index is 2.50. The lowest BCUT2D eigenvalue weighted by Crippen LogP contribution is -2.41. The highest BCUT2D eigenvalue weighted by Crippen LogP contribution is 2.38. The molecule has 0 saturated carbocycles. The maximum absolute atomic E-state index is 11.8. The summed E-state index contributed by atoms with van der Waals surface area (Å²) >= 11 is 0. The third-order valence-electron chi connectivity index (χ3n) is 3.25. The van der Waals surface area contributed by atoms with Gasteiger partial charge in [0.1, 0.15) is 5.75 Å². The van der Waals surface area contributed by atoms with Gasteiger partial charge < -0.3 is 15.8 Å². The second kappa shape index (κ2) is 3.95. The average Bonchev–Trinajstić information content (AvgIpc) is 2.25. The van der Waals surface area contributed by atoms with E-state index in [9.17, 15) is 4.79 Å². The molecular formula is C13H18N2O2. The van der Waals surface area contributed by atoms with Crippen LogP contribution in [0.4, 0.5) is 11.4 Å². The fourth-order valence-corrected chi connectivity index (χ4v) is 1.99. The molecule has 4 heteroatoms. The number of hydrogen-bond donors (Lipinski definition) is 2. The van der Waals surface area contributed by atoms with Crippen LogP contribution in [0.15, 0.2) is 6.07 Å². The van der Waals surface area contributed by atoms with Crippen molar-refractivity contribution in [3.8, 4) is 5.75 Å². The molecule has 0 spiro atoms. The van der Waals surface area contributed by atoms with Crippen molar-refractivity contribution in [3.63, 3.8) is 0 Å². The zero-order valence-electron chi connectivity index (χ0n) is 10.6. The van der Waals surface area contributed by atoms with E-state index in [0.717, 1.165) is 16.9 Å². The third kappa shape index (κ3) is 1.84. The largest absolute Gasteiger partial charge is 0.478 e. The van der Waals surface area contributed by atoms with Crippen LogP contribution in [-0.2, 0) is 4.79 Å². The number of benzene rings is 1. The maximum Gasteiger partial charge on any atom is 0.265 e. The van der Waals surface area contributed by atoms with Gasteiger partial charge in [-0.25, -0.2) is 0 Å². The summed E-state index contributed by atoms with van der Waals surface area (Å²) in [5.74, 6) is 0.783. The lowest BCUT2D eigenvalue weighted by molar-refractivity contribution is -0.125. The second-order valence-corrected chi connectivity index (χ2v) is 4.86. The van der Waals surface area contributed by atoms with Gasteiger partial charge in [-0.05, 0) is 37.0 Å². The quantitative estimate of drug-likeness (QED) is 0.732. The summed E-state index contributed by atoms with van der Waals surface area (Å²) in [6.07, 6.45) is -0.427. The topological polar surface area (TPSA) is 64.3 Å². The molecule has 1 aromatic carbocycles. The molecule has 1 unspecified atom stereocenters. The fourth-order valence-electron chi connectivity index (χ4n) is 1.99. The predicted molar refractivity (Wildman–Crippen MR) is 68.2 cm³/mol. The SMILES string of the molecule is Cc1c(N)cc2c(c1C)OC(C(C)C)C(=O)N2. The minimum absolute atomic E-state index is 0.102. The predicted octanol–water partition coefficient (Wildman–Crippen LogP) is 2.24. The van der Waals surface area contributed by atoms with Crippen molar-refractivity contribution in [3.05, 3.63) is 17.2 Å². The van der Waals surface area contributed by atoms with Gasteiger partial charge in [-0.15, -0.1) is 0 Å². The van der Waals surface area contributed by atoms with Crippen LogP contribution in [0.25, 0.3) is 0 Å². The number of nitrogen functional groups attached to an aromatic ring is 1. The molecule has 0 radical (unpaired) electrons. The first kappa shape index (κ1) is 11.8. The van der Waals surface area contributed by atoms with Crippen molar-refractivity contribution >= 4 is 17.3 Å². The number of ether oxygens (including phenoxy) is 1. The summed E-state index contributed by atoms with van der Waals surface area (Å²) in [4.78, 5) is 11.8. The lowest BCUT2D eigenvalue weighted by atomic mass is 10.0. The zero-order valence-corrected chi connectivity index (χ0v) is 10.6. The van der Waals surface area contributed by atoms with Gasteiger partial charge in [0.25, 0.3) is 5.91 Å². The summed E-state index contributed by atoms with van der Waals surface area (Å²) in [5, 5.41) is 2.86. The normalized spacial score (nSPS) is 18.6. The Morgan fingerprint density at radius 2 is 2.00 bits per heavy atom. The molecule has 0 aromatic heterocycles. The number of nitrogens with one attached hydrogen (secondary N) is 1. The molecule has 17 heavy (non-hydrogen) atoms.